The summed E-state index contributed by atoms with van der Waals surface area (Å²) in [6.07, 6.45) is 1.12. The number of benzene rings is 1. The second-order valence-electron chi connectivity index (χ2n) is 5.34. The Balaban J connectivity index is 2.03. The number of hydrogen-bond acceptors (Lipinski definition) is 5. The Kier molecular flexibility index (Phi) is 3.98. The molecule has 0 N–H and O–H groups in total. The lowest BCUT2D eigenvalue weighted by Crippen LogP contribution is -2.47. The maximum absolute atomic E-state index is 13.0. The first-order valence-electron chi connectivity index (χ1n) is 7.03. The molecule has 22 heavy (non-hydrogen) atoms. The predicted octanol–water partition coefficient (Wildman–Crippen LogP) is 0.966. The number of nitrogens with zero attached hydrogens (tertiary/aromatic N) is 4. The molecule has 1 aliphatic heterocycles. The topological polar surface area (TPSA) is 77.3 Å². The number of sulfonamides is 1. The van der Waals surface area contributed by atoms with Gasteiger partial charge >= 0.3 is 0 Å². The number of morpholine rings is 1. The van der Waals surface area contributed by atoms with Crippen molar-refractivity contribution in [2.24, 2.45) is 7.05 Å². The van der Waals surface area contributed by atoms with Gasteiger partial charge in [0.25, 0.3) is 10.0 Å². The van der Waals surface area contributed by atoms with Gasteiger partial charge < -0.3 is 4.74 Å². The molecule has 1 saturated heterocycles. The second-order valence-corrected chi connectivity index (χ2v) is 7.18. The van der Waals surface area contributed by atoms with Crippen LogP contribution in [0.25, 0.3) is 0 Å². The SMILES string of the molecule is CC1CN(S(=O)(=O)c2cnnn2C)C(c2ccccc2)CO1. The van der Waals surface area contributed by atoms with Crippen molar-refractivity contribution in [1.29, 1.82) is 0 Å². The van der Waals surface area contributed by atoms with Crippen molar-refractivity contribution in [3.63, 3.8) is 0 Å². The molecule has 0 saturated carbocycles. The van der Waals surface area contributed by atoms with Crippen LogP contribution in [0.2, 0.25) is 0 Å². The van der Waals surface area contributed by atoms with Gasteiger partial charge in [0.15, 0.2) is 5.03 Å². The first-order valence-corrected chi connectivity index (χ1v) is 8.47. The summed E-state index contributed by atoms with van der Waals surface area (Å²) in [5.41, 5.74) is 0.910. The van der Waals surface area contributed by atoms with Gasteiger partial charge in [-0.3, -0.25) is 0 Å². The van der Waals surface area contributed by atoms with E-state index in [4.69, 9.17) is 4.74 Å². The molecule has 0 radical (unpaired) electrons. The Morgan fingerprint density at radius 2 is 2.00 bits per heavy atom. The third-order valence-corrected chi connectivity index (χ3v) is 5.67. The van der Waals surface area contributed by atoms with Crippen LogP contribution in [0.3, 0.4) is 0 Å². The molecular formula is C14H18N4O3S. The molecule has 2 heterocycles. The number of aryl methyl sites for hydroxylation is 1. The molecule has 2 atom stereocenters. The van der Waals surface area contributed by atoms with Crippen LogP contribution >= 0.6 is 0 Å². The Morgan fingerprint density at radius 3 is 2.64 bits per heavy atom. The van der Waals surface area contributed by atoms with Gasteiger partial charge in [-0.25, -0.2) is 13.1 Å². The molecular weight excluding hydrogens is 304 g/mol. The Morgan fingerprint density at radius 1 is 1.27 bits per heavy atom. The standard InChI is InChI=1S/C14H18N4O3S/c1-11-9-18(22(19,20)14-8-15-16-17(14)2)13(10-21-11)12-6-4-3-5-7-12/h3-8,11,13H,9-10H2,1-2H3. The largest absolute Gasteiger partial charge is 0.375 e. The van der Waals surface area contributed by atoms with E-state index in [0.717, 1.165) is 5.56 Å². The molecule has 3 rings (SSSR count). The number of rotatable bonds is 3. The van der Waals surface area contributed by atoms with Crippen molar-refractivity contribution in [3.8, 4) is 0 Å². The summed E-state index contributed by atoms with van der Waals surface area (Å²) in [4.78, 5) is 0. The van der Waals surface area contributed by atoms with Crippen molar-refractivity contribution in [2.75, 3.05) is 13.2 Å². The highest BCUT2D eigenvalue weighted by Gasteiger charge is 2.38. The molecule has 7 nitrogen and oxygen atoms in total. The van der Waals surface area contributed by atoms with Gasteiger partial charge in [-0.2, -0.15) is 4.31 Å². The third kappa shape index (κ3) is 2.65. The molecule has 1 fully saturated rings. The van der Waals surface area contributed by atoms with Crippen molar-refractivity contribution in [2.45, 2.75) is 24.1 Å². The van der Waals surface area contributed by atoms with E-state index in [1.165, 1.54) is 15.2 Å². The maximum atomic E-state index is 13.0. The number of ether oxygens (including phenoxy) is 1. The fourth-order valence-corrected chi connectivity index (χ4v) is 4.32. The van der Waals surface area contributed by atoms with Crippen LogP contribution in [0.5, 0.6) is 0 Å². The molecule has 1 aromatic carbocycles. The molecule has 1 aromatic heterocycles. The summed E-state index contributed by atoms with van der Waals surface area (Å²) in [7, 11) is -2.12. The van der Waals surface area contributed by atoms with Gasteiger partial charge in [-0.15, -0.1) is 5.10 Å². The molecule has 1 aliphatic rings. The van der Waals surface area contributed by atoms with E-state index < -0.39 is 10.0 Å². The smallest absolute Gasteiger partial charge is 0.262 e. The van der Waals surface area contributed by atoms with Crippen LogP contribution in [0.15, 0.2) is 41.6 Å². The first-order chi connectivity index (χ1) is 10.5. The van der Waals surface area contributed by atoms with Gasteiger partial charge in [-0.05, 0) is 12.5 Å². The average Bonchev–Trinajstić information content (AvgIpc) is 2.95. The Labute approximate surface area is 129 Å². The van der Waals surface area contributed by atoms with Gasteiger partial charge in [0.2, 0.25) is 0 Å². The quantitative estimate of drug-likeness (QED) is 0.841. The van der Waals surface area contributed by atoms with E-state index >= 15 is 0 Å². The molecule has 0 amide bonds. The highest BCUT2D eigenvalue weighted by Crippen LogP contribution is 2.31. The molecule has 2 aromatic rings. The summed E-state index contributed by atoms with van der Waals surface area (Å²) in [5.74, 6) is 0. The second kappa shape index (κ2) is 5.79. The summed E-state index contributed by atoms with van der Waals surface area (Å²) in [6.45, 7) is 2.49. The summed E-state index contributed by atoms with van der Waals surface area (Å²) in [5, 5.41) is 7.49. The molecule has 8 heteroatoms. The van der Waals surface area contributed by atoms with Gasteiger partial charge in [0.1, 0.15) is 0 Å². The molecule has 2 unspecified atom stereocenters. The van der Waals surface area contributed by atoms with Crippen molar-refractivity contribution in [3.05, 3.63) is 42.1 Å². The zero-order valence-corrected chi connectivity index (χ0v) is 13.3. The van der Waals surface area contributed by atoms with Gasteiger partial charge in [-0.1, -0.05) is 35.5 Å². The van der Waals surface area contributed by atoms with E-state index in [-0.39, 0.29) is 17.2 Å². The summed E-state index contributed by atoms with van der Waals surface area (Å²) < 4.78 is 34.4. The van der Waals surface area contributed by atoms with Crippen molar-refractivity contribution in [1.82, 2.24) is 19.3 Å². The molecule has 0 aliphatic carbocycles. The van der Waals surface area contributed by atoms with Gasteiger partial charge in [0, 0.05) is 13.6 Å². The van der Waals surface area contributed by atoms with Crippen molar-refractivity contribution >= 4 is 10.0 Å². The monoisotopic (exact) mass is 322 g/mol. The maximum Gasteiger partial charge on any atom is 0.262 e. The lowest BCUT2D eigenvalue weighted by molar-refractivity contribution is -0.0233. The normalized spacial score (nSPS) is 23.5. The predicted molar refractivity (Wildman–Crippen MR) is 79.5 cm³/mol. The third-order valence-electron chi connectivity index (χ3n) is 3.75. The molecule has 0 spiro atoms. The Bertz CT molecular complexity index is 744. The van der Waals surface area contributed by atoms with Crippen LogP contribution in [0.1, 0.15) is 18.5 Å². The highest BCUT2D eigenvalue weighted by molar-refractivity contribution is 7.89. The number of aromatic nitrogens is 3. The summed E-state index contributed by atoms with van der Waals surface area (Å²) in [6, 6.07) is 9.16. The fraction of sp³-hybridized carbons (Fsp3) is 0.429. The van der Waals surface area contributed by atoms with E-state index in [9.17, 15) is 8.42 Å². The van der Waals surface area contributed by atoms with E-state index in [1.54, 1.807) is 7.05 Å². The highest BCUT2D eigenvalue weighted by atomic mass is 32.2. The van der Waals surface area contributed by atoms with E-state index in [2.05, 4.69) is 10.3 Å². The Hall–Kier alpha value is -1.77. The fourth-order valence-electron chi connectivity index (χ4n) is 2.61. The lowest BCUT2D eigenvalue weighted by Gasteiger charge is -2.37. The zero-order chi connectivity index (χ0) is 15.7. The minimum Gasteiger partial charge on any atom is -0.375 e. The lowest BCUT2D eigenvalue weighted by atomic mass is 10.1. The number of hydrogen-bond donors (Lipinski definition) is 0. The minimum atomic E-state index is -3.69. The van der Waals surface area contributed by atoms with Crippen LogP contribution < -0.4 is 0 Å². The van der Waals surface area contributed by atoms with E-state index in [1.807, 2.05) is 37.3 Å². The average molecular weight is 322 g/mol. The van der Waals surface area contributed by atoms with Crippen LogP contribution in [0.4, 0.5) is 0 Å². The molecule has 118 valence electrons. The molecule has 0 bridgehead atoms. The zero-order valence-electron chi connectivity index (χ0n) is 12.5. The summed E-state index contributed by atoms with van der Waals surface area (Å²) >= 11 is 0. The minimum absolute atomic E-state index is 0.0857. The van der Waals surface area contributed by atoms with Crippen molar-refractivity contribution < 1.29 is 13.2 Å². The van der Waals surface area contributed by atoms with Gasteiger partial charge in [0.05, 0.1) is 24.9 Å². The van der Waals surface area contributed by atoms with Crippen LogP contribution in [-0.4, -0.2) is 47.0 Å². The van der Waals surface area contributed by atoms with Crippen LogP contribution in [0, 0.1) is 0 Å². The first kappa shape index (κ1) is 15.1. The van der Waals surface area contributed by atoms with Crippen LogP contribution in [-0.2, 0) is 21.8 Å². The van der Waals surface area contributed by atoms with E-state index in [0.29, 0.717) is 13.2 Å².